The van der Waals surface area contributed by atoms with Crippen molar-refractivity contribution in [1.29, 1.82) is 0 Å². The Kier molecular flexibility index (Phi) is 5.67. The number of hydrogen-bond acceptors (Lipinski definition) is 3. The Morgan fingerprint density at radius 3 is 2.74 bits per heavy atom. The lowest BCUT2D eigenvalue weighted by Gasteiger charge is -2.35. The zero-order valence-corrected chi connectivity index (χ0v) is 13.6. The fourth-order valence-corrected chi connectivity index (χ4v) is 3.63. The van der Waals surface area contributed by atoms with E-state index in [1.807, 2.05) is 0 Å². The number of nitrogens with zero attached hydrogens (tertiary/aromatic N) is 1. The predicted molar refractivity (Wildman–Crippen MR) is 81.3 cm³/mol. The SMILES string of the molecule is CCNC(=O)CC1CCCCN1C(=O)c1cscc1C(F)(F)F. The maximum atomic E-state index is 13.0. The minimum atomic E-state index is -4.55. The van der Waals surface area contributed by atoms with Gasteiger partial charge in [-0.1, -0.05) is 0 Å². The molecule has 0 saturated carbocycles. The molecule has 1 fully saturated rings. The minimum absolute atomic E-state index is 0.130. The van der Waals surface area contributed by atoms with Gasteiger partial charge in [0.2, 0.25) is 5.91 Å². The molecular formula is C15H19F3N2O2S. The van der Waals surface area contributed by atoms with Crippen LogP contribution in [0.5, 0.6) is 0 Å². The lowest BCUT2D eigenvalue weighted by molar-refractivity contribution is -0.137. The van der Waals surface area contributed by atoms with E-state index in [4.69, 9.17) is 0 Å². The largest absolute Gasteiger partial charge is 0.417 e. The van der Waals surface area contributed by atoms with Crippen LogP contribution >= 0.6 is 11.3 Å². The van der Waals surface area contributed by atoms with Gasteiger partial charge < -0.3 is 10.2 Å². The number of halogens is 3. The Balaban J connectivity index is 2.19. The van der Waals surface area contributed by atoms with Crippen LogP contribution in [0, 0.1) is 0 Å². The third kappa shape index (κ3) is 4.25. The monoisotopic (exact) mass is 348 g/mol. The van der Waals surface area contributed by atoms with E-state index in [0.29, 0.717) is 19.5 Å². The summed E-state index contributed by atoms with van der Waals surface area (Å²) < 4.78 is 39.0. The predicted octanol–water partition coefficient (Wildman–Crippen LogP) is 3.29. The molecule has 1 atom stereocenters. The first-order valence-corrected chi connectivity index (χ1v) is 8.50. The van der Waals surface area contributed by atoms with Gasteiger partial charge in [0, 0.05) is 36.3 Å². The topological polar surface area (TPSA) is 49.4 Å². The van der Waals surface area contributed by atoms with Crippen molar-refractivity contribution in [1.82, 2.24) is 10.2 Å². The summed E-state index contributed by atoms with van der Waals surface area (Å²) in [7, 11) is 0. The molecule has 0 aromatic carbocycles. The molecule has 1 aliphatic heterocycles. The summed E-state index contributed by atoms with van der Waals surface area (Å²) in [5.41, 5.74) is -1.21. The third-order valence-corrected chi connectivity index (χ3v) is 4.62. The smallest absolute Gasteiger partial charge is 0.356 e. The van der Waals surface area contributed by atoms with Crippen molar-refractivity contribution in [3.05, 3.63) is 21.9 Å². The first kappa shape index (κ1) is 17.8. The molecule has 2 amide bonds. The molecule has 0 radical (unpaired) electrons. The molecule has 0 aliphatic carbocycles. The third-order valence-electron chi connectivity index (χ3n) is 3.88. The second kappa shape index (κ2) is 7.33. The van der Waals surface area contributed by atoms with Crippen LogP contribution in [-0.2, 0) is 11.0 Å². The van der Waals surface area contributed by atoms with Crippen LogP contribution in [0.4, 0.5) is 13.2 Å². The zero-order valence-electron chi connectivity index (χ0n) is 12.8. The number of piperidine rings is 1. The summed E-state index contributed by atoms with van der Waals surface area (Å²) in [4.78, 5) is 25.8. The normalized spacial score (nSPS) is 18.8. The van der Waals surface area contributed by atoms with Gasteiger partial charge >= 0.3 is 6.18 Å². The average Bonchev–Trinajstić information content (AvgIpc) is 2.97. The number of amides is 2. The van der Waals surface area contributed by atoms with Crippen LogP contribution in [0.25, 0.3) is 0 Å². The highest BCUT2D eigenvalue weighted by molar-refractivity contribution is 7.08. The molecular weight excluding hydrogens is 329 g/mol. The first-order chi connectivity index (χ1) is 10.8. The van der Waals surface area contributed by atoms with Gasteiger partial charge in [-0.3, -0.25) is 9.59 Å². The molecule has 4 nitrogen and oxygen atoms in total. The van der Waals surface area contributed by atoms with E-state index in [1.165, 1.54) is 10.3 Å². The van der Waals surface area contributed by atoms with Crippen LogP contribution in [0.1, 0.15) is 48.5 Å². The van der Waals surface area contributed by atoms with Gasteiger partial charge in [-0.25, -0.2) is 0 Å². The van der Waals surface area contributed by atoms with Crippen molar-refractivity contribution in [3.63, 3.8) is 0 Å². The molecule has 1 aliphatic rings. The lowest BCUT2D eigenvalue weighted by atomic mass is 9.97. The van der Waals surface area contributed by atoms with Crippen molar-refractivity contribution in [2.45, 2.75) is 44.8 Å². The van der Waals surface area contributed by atoms with Gasteiger partial charge in [0.25, 0.3) is 5.91 Å². The van der Waals surface area contributed by atoms with Crippen LogP contribution in [0.2, 0.25) is 0 Å². The molecule has 1 aromatic heterocycles. The number of likely N-dealkylation sites (tertiary alicyclic amines) is 1. The van der Waals surface area contributed by atoms with Gasteiger partial charge in [-0.15, -0.1) is 0 Å². The number of alkyl halides is 3. The van der Waals surface area contributed by atoms with Crippen molar-refractivity contribution < 1.29 is 22.8 Å². The van der Waals surface area contributed by atoms with Crippen LogP contribution < -0.4 is 5.32 Å². The molecule has 2 heterocycles. The summed E-state index contributed by atoms with van der Waals surface area (Å²) in [5, 5.41) is 4.86. The van der Waals surface area contributed by atoms with Crippen molar-refractivity contribution in [2.75, 3.05) is 13.1 Å². The van der Waals surface area contributed by atoms with E-state index in [0.717, 1.165) is 29.6 Å². The first-order valence-electron chi connectivity index (χ1n) is 7.55. The molecule has 8 heteroatoms. The molecule has 1 saturated heterocycles. The van der Waals surface area contributed by atoms with E-state index < -0.39 is 17.6 Å². The highest BCUT2D eigenvalue weighted by Crippen LogP contribution is 2.35. The Bertz CT molecular complexity index is 571. The second-order valence-electron chi connectivity index (χ2n) is 5.50. The van der Waals surface area contributed by atoms with E-state index in [9.17, 15) is 22.8 Å². The number of carbonyl (C=O) groups excluding carboxylic acids is 2. The maximum absolute atomic E-state index is 13.0. The summed E-state index contributed by atoms with van der Waals surface area (Å²) in [6, 6.07) is -0.344. The average molecular weight is 348 g/mol. The Morgan fingerprint density at radius 2 is 2.09 bits per heavy atom. The highest BCUT2D eigenvalue weighted by Gasteiger charge is 2.38. The van der Waals surface area contributed by atoms with Crippen molar-refractivity contribution >= 4 is 23.2 Å². The number of nitrogens with one attached hydrogen (secondary N) is 1. The Morgan fingerprint density at radius 1 is 1.35 bits per heavy atom. The highest BCUT2D eigenvalue weighted by atomic mass is 32.1. The van der Waals surface area contributed by atoms with Gasteiger partial charge in [0.15, 0.2) is 0 Å². The summed E-state index contributed by atoms with van der Waals surface area (Å²) in [6.45, 7) is 2.67. The standard InChI is InChI=1S/C15H19F3N2O2S/c1-2-19-13(21)7-10-5-3-4-6-20(10)14(22)11-8-23-9-12(11)15(16,17)18/h8-10H,2-7H2,1H3,(H,19,21). The Labute approximate surface area is 136 Å². The quantitative estimate of drug-likeness (QED) is 0.908. The second-order valence-corrected chi connectivity index (χ2v) is 6.25. The molecule has 0 spiro atoms. The number of hydrogen-bond donors (Lipinski definition) is 1. The van der Waals surface area contributed by atoms with Crippen LogP contribution in [-0.4, -0.2) is 35.8 Å². The molecule has 1 N–H and O–H groups in total. The summed E-state index contributed by atoms with van der Waals surface area (Å²) in [5.74, 6) is -0.814. The van der Waals surface area contributed by atoms with E-state index in [1.54, 1.807) is 6.92 Å². The maximum Gasteiger partial charge on any atom is 0.417 e. The number of rotatable bonds is 4. The van der Waals surface area contributed by atoms with E-state index in [-0.39, 0.29) is 23.9 Å². The molecule has 128 valence electrons. The summed E-state index contributed by atoms with van der Waals surface area (Å²) in [6.07, 6.45) is -2.18. The van der Waals surface area contributed by atoms with E-state index in [2.05, 4.69) is 5.32 Å². The van der Waals surface area contributed by atoms with Crippen molar-refractivity contribution in [3.8, 4) is 0 Å². The van der Waals surface area contributed by atoms with Crippen LogP contribution in [0.3, 0.4) is 0 Å². The number of carbonyl (C=O) groups is 2. The lowest BCUT2D eigenvalue weighted by Crippen LogP contribution is -2.46. The summed E-state index contributed by atoms with van der Waals surface area (Å²) >= 11 is 0.862. The minimum Gasteiger partial charge on any atom is -0.356 e. The molecule has 1 aromatic rings. The molecule has 23 heavy (non-hydrogen) atoms. The Hall–Kier alpha value is -1.57. The van der Waals surface area contributed by atoms with Crippen LogP contribution in [0.15, 0.2) is 10.8 Å². The fourth-order valence-electron chi connectivity index (χ4n) is 2.80. The zero-order chi connectivity index (χ0) is 17.0. The molecule has 2 rings (SSSR count). The van der Waals surface area contributed by atoms with Crippen molar-refractivity contribution in [2.24, 2.45) is 0 Å². The molecule has 0 bridgehead atoms. The number of thiophene rings is 1. The van der Waals surface area contributed by atoms with Gasteiger partial charge in [-0.05, 0) is 26.2 Å². The van der Waals surface area contributed by atoms with Gasteiger partial charge in [0.05, 0.1) is 11.1 Å². The van der Waals surface area contributed by atoms with E-state index >= 15 is 0 Å². The molecule has 1 unspecified atom stereocenters. The fraction of sp³-hybridized carbons (Fsp3) is 0.600. The van der Waals surface area contributed by atoms with Gasteiger partial charge in [-0.2, -0.15) is 24.5 Å². The van der Waals surface area contributed by atoms with Gasteiger partial charge in [0.1, 0.15) is 0 Å².